The van der Waals surface area contributed by atoms with Gasteiger partial charge < -0.3 is 10.2 Å². The van der Waals surface area contributed by atoms with Crippen LogP contribution in [0.4, 0.5) is 0 Å². The molecule has 0 aliphatic carbocycles. The second kappa shape index (κ2) is 6.50. The van der Waals surface area contributed by atoms with Gasteiger partial charge in [0, 0.05) is 23.8 Å². The van der Waals surface area contributed by atoms with E-state index in [2.05, 4.69) is 31.1 Å². The van der Waals surface area contributed by atoms with Crippen LogP contribution in [0.25, 0.3) is 0 Å². The van der Waals surface area contributed by atoms with E-state index in [1.807, 2.05) is 0 Å². The number of hydrogen-bond donors (Lipinski definition) is 1. The molecular weight excluding hydrogens is 318 g/mol. The van der Waals surface area contributed by atoms with Gasteiger partial charge in [0.05, 0.1) is 5.56 Å². The van der Waals surface area contributed by atoms with Gasteiger partial charge in [-0.2, -0.15) is 0 Å². The van der Waals surface area contributed by atoms with Crippen molar-refractivity contribution in [2.24, 2.45) is 0 Å². The minimum Gasteiger partial charge on any atom is -0.351 e. The standard InChI is InChI=1S/C12H15BrClN3O/c13-9-7-10(11(14)16-8-9)12(18)15-3-6-17-4-1-2-5-17/h7-8H,1-6H2,(H,15,18). The first-order valence-corrected chi connectivity index (χ1v) is 7.15. The first-order valence-electron chi connectivity index (χ1n) is 5.98. The van der Waals surface area contributed by atoms with Crippen LogP contribution in [0.5, 0.6) is 0 Å². The van der Waals surface area contributed by atoms with E-state index in [4.69, 9.17) is 11.6 Å². The summed E-state index contributed by atoms with van der Waals surface area (Å²) in [6.45, 7) is 3.80. The van der Waals surface area contributed by atoms with Crippen LogP contribution in [0.1, 0.15) is 23.2 Å². The molecule has 4 nitrogen and oxygen atoms in total. The summed E-state index contributed by atoms with van der Waals surface area (Å²) >= 11 is 9.17. The number of nitrogens with one attached hydrogen (secondary N) is 1. The molecule has 0 unspecified atom stereocenters. The van der Waals surface area contributed by atoms with Gasteiger partial charge in [0.25, 0.3) is 5.91 Å². The summed E-state index contributed by atoms with van der Waals surface area (Å²) in [4.78, 5) is 18.2. The number of hydrogen-bond acceptors (Lipinski definition) is 3. The monoisotopic (exact) mass is 331 g/mol. The Bertz CT molecular complexity index is 435. The molecule has 6 heteroatoms. The molecule has 0 atom stereocenters. The summed E-state index contributed by atoms with van der Waals surface area (Å²) in [5.41, 5.74) is 0.410. The van der Waals surface area contributed by atoms with Gasteiger partial charge in [-0.15, -0.1) is 0 Å². The highest BCUT2D eigenvalue weighted by Crippen LogP contribution is 2.17. The quantitative estimate of drug-likeness (QED) is 0.861. The molecule has 1 saturated heterocycles. The minimum atomic E-state index is -0.173. The fraction of sp³-hybridized carbons (Fsp3) is 0.500. The summed E-state index contributed by atoms with van der Waals surface area (Å²) < 4.78 is 0.747. The molecule has 1 fully saturated rings. The third-order valence-electron chi connectivity index (χ3n) is 2.96. The van der Waals surface area contributed by atoms with Crippen molar-refractivity contribution in [1.82, 2.24) is 15.2 Å². The molecule has 0 radical (unpaired) electrons. The molecule has 0 bridgehead atoms. The lowest BCUT2D eigenvalue weighted by Gasteiger charge is -2.14. The average Bonchev–Trinajstić information content (AvgIpc) is 2.85. The maximum absolute atomic E-state index is 11.9. The summed E-state index contributed by atoms with van der Waals surface area (Å²) in [5, 5.41) is 3.10. The van der Waals surface area contributed by atoms with Crippen molar-refractivity contribution in [2.45, 2.75) is 12.8 Å². The molecule has 1 N–H and O–H groups in total. The van der Waals surface area contributed by atoms with Gasteiger partial charge in [-0.1, -0.05) is 11.6 Å². The molecule has 2 rings (SSSR count). The molecule has 1 aromatic rings. The van der Waals surface area contributed by atoms with Crippen LogP contribution >= 0.6 is 27.5 Å². The maximum Gasteiger partial charge on any atom is 0.254 e. The summed E-state index contributed by atoms with van der Waals surface area (Å²) in [6, 6.07) is 1.68. The fourth-order valence-electron chi connectivity index (χ4n) is 2.01. The number of amides is 1. The molecule has 2 heterocycles. The first kappa shape index (κ1) is 13.8. The Morgan fingerprint density at radius 2 is 2.22 bits per heavy atom. The molecule has 0 aromatic carbocycles. The molecule has 0 spiro atoms. The van der Waals surface area contributed by atoms with Gasteiger partial charge in [-0.25, -0.2) is 4.98 Å². The number of nitrogens with zero attached hydrogens (tertiary/aromatic N) is 2. The SMILES string of the molecule is O=C(NCCN1CCCC1)c1cc(Br)cnc1Cl. The number of pyridine rings is 1. The van der Waals surface area contributed by atoms with E-state index < -0.39 is 0 Å². The van der Waals surface area contributed by atoms with E-state index in [0.29, 0.717) is 12.1 Å². The number of rotatable bonds is 4. The van der Waals surface area contributed by atoms with Gasteiger partial charge in [-0.05, 0) is 47.9 Å². The Kier molecular flexibility index (Phi) is 4.97. The molecule has 1 aliphatic rings. The molecule has 1 aromatic heterocycles. The largest absolute Gasteiger partial charge is 0.351 e. The topological polar surface area (TPSA) is 45.2 Å². The lowest BCUT2D eigenvalue weighted by atomic mass is 10.2. The molecular formula is C12H15BrClN3O. The highest BCUT2D eigenvalue weighted by atomic mass is 79.9. The summed E-state index contributed by atoms with van der Waals surface area (Å²) in [5.74, 6) is -0.173. The van der Waals surface area contributed by atoms with Crippen molar-refractivity contribution in [2.75, 3.05) is 26.2 Å². The van der Waals surface area contributed by atoms with Crippen LogP contribution in [0, 0.1) is 0 Å². The Balaban J connectivity index is 1.85. The Morgan fingerprint density at radius 1 is 1.50 bits per heavy atom. The molecule has 18 heavy (non-hydrogen) atoms. The highest BCUT2D eigenvalue weighted by Gasteiger charge is 2.14. The van der Waals surface area contributed by atoms with E-state index in [-0.39, 0.29) is 11.1 Å². The van der Waals surface area contributed by atoms with Crippen molar-refractivity contribution >= 4 is 33.4 Å². The van der Waals surface area contributed by atoms with E-state index in [9.17, 15) is 4.79 Å². The summed E-state index contributed by atoms with van der Waals surface area (Å²) in [7, 11) is 0. The zero-order valence-electron chi connectivity index (χ0n) is 9.96. The number of aromatic nitrogens is 1. The van der Waals surface area contributed by atoms with Crippen molar-refractivity contribution in [3.05, 3.63) is 27.5 Å². The molecule has 1 aliphatic heterocycles. The van der Waals surface area contributed by atoms with E-state index in [1.165, 1.54) is 12.8 Å². The van der Waals surface area contributed by atoms with Gasteiger partial charge in [0.1, 0.15) is 5.15 Å². The number of carbonyl (C=O) groups excluding carboxylic acids is 1. The van der Waals surface area contributed by atoms with Crippen LogP contribution in [0.3, 0.4) is 0 Å². The zero-order chi connectivity index (χ0) is 13.0. The lowest BCUT2D eigenvalue weighted by Crippen LogP contribution is -2.33. The van der Waals surface area contributed by atoms with Crippen LogP contribution in [-0.4, -0.2) is 42.0 Å². The Morgan fingerprint density at radius 3 is 2.94 bits per heavy atom. The normalized spacial score (nSPS) is 15.9. The highest BCUT2D eigenvalue weighted by molar-refractivity contribution is 9.10. The van der Waals surface area contributed by atoms with Gasteiger partial charge in [-0.3, -0.25) is 4.79 Å². The van der Waals surface area contributed by atoms with Crippen molar-refractivity contribution < 1.29 is 4.79 Å². The number of carbonyl (C=O) groups is 1. The van der Waals surface area contributed by atoms with E-state index >= 15 is 0 Å². The van der Waals surface area contributed by atoms with Crippen molar-refractivity contribution in [1.29, 1.82) is 0 Å². The van der Waals surface area contributed by atoms with Crippen LogP contribution in [-0.2, 0) is 0 Å². The minimum absolute atomic E-state index is 0.173. The Hall–Kier alpha value is -0.650. The number of likely N-dealkylation sites (tertiary alicyclic amines) is 1. The zero-order valence-corrected chi connectivity index (χ0v) is 12.3. The second-order valence-corrected chi connectivity index (χ2v) is 5.57. The smallest absolute Gasteiger partial charge is 0.254 e. The number of halogens is 2. The van der Waals surface area contributed by atoms with Crippen molar-refractivity contribution in [3.8, 4) is 0 Å². The molecule has 98 valence electrons. The Labute approximate surface area is 120 Å². The van der Waals surface area contributed by atoms with E-state index in [1.54, 1.807) is 12.3 Å². The van der Waals surface area contributed by atoms with E-state index in [0.717, 1.165) is 24.1 Å². The third kappa shape index (κ3) is 3.67. The maximum atomic E-state index is 11.9. The fourth-order valence-corrected chi connectivity index (χ4v) is 2.53. The van der Waals surface area contributed by atoms with Gasteiger partial charge in [0.2, 0.25) is 0 Å². The first-order chi connectivity index (χ1) is 8.66. The van der Waals surface area contributed by atoms with Crippen LogP contribution < -0.4 is 5.32 Å². The second-order valence-electron chi connectivity index (χ2n) is 4.30. The van der Waals surface area contributed by atoms with Crippen LogP contribution in [0.2, 0.25) is 5.15 Å². The van der Waals surface area contributed by atoms with Gasteiger partial charge >= 0.3 is 0 Å². The average molecular weight is 333 g/mol. The summed E-state index contributed by atoms with van der Waals surface area (Å²) in [6.07, 6.45) is 4.09. The molecule has 0 saturated carbocycles. The third-order valence-corrected chi connectivity index (χ3v) is 3.70. The van der Waals surface area contributed by atoms with Crippen LogP contribution in [0.15, 0.2) is 16.7 Å². The predicted octanol–water partition coefficient (Wildman–Crippen LogP) is 2.32. The van der Waals surface area contributed by atoms with Crippen molar-refractivity contribution in [3.63, 3.8) is 0 Å². The van der Waals surface area contributed by atoms with Gasteiger partial charge in [0.15, 0.2) is 0 Å². The predicted molar refractivity (Wildman–Crippen MR) is 75.0 cm³/mol. The lowest BCUT2D eigenvalue weighted by molar-refractivity contribution is 0.0949. The molecule has 1 amide bonds.